The lowest BCUT2D eigenvalue weighted by Crippen LogP contribution is -2.10. The maximum atomic E-state index is 11.6. The summed E-state index contributed by atoms with van der Waals surface area (Å²) in [7, 11) is 0. The molecule has 0 saturated heterocycles. The molecule has 0 amide bonds. The van der Waals surface area contributed by atoms with Crippen molar-refractivity contribution in [2.75, 3.05) is 0 Å². The van der Waals surface area contributed by atoms with Crippen LogP contribution in [-0.4, -0.2) is 5.11 Å². The Balaban J connectivity index is 1.92. The molecular weight excluding hydrogens is 388 g/mol. The predicted octanol–water partition coefficient (Wildman–Crippen LogP) is 8.16. The summed E-state index contributed by atoms with van der Waals surface area (Å²) in [5.74, 6) is 0.895. The van der Waals surface area contributed by atoms with E-state index in [1.165, 1.54) is 27.8 Å². The third-order valence-corrected chi connectivity index (χ3v) is 6.93. The molecular formula is C31H32O. The van der Waals surface area contributed by atoms with Crippen LogP contribution in [0.25, 0.3) is 0 Å². The number of phenolic OH excluding ortho intramolecular Hbond substituents is 1. The first-order chi connectivity index (χ1) is 15.5. The third-order valence-electron chi connectivity index (χ3n) is 6.93. The first-order valence-corrected chi connectivity index (χ1v) is 11.5. The second-order valence-corrected chi connectivity index (χ2v) is 8.84. The van der Waals surface area contributed by atoms with Crippen molar-refractivity contribution in [1.29, 1.82) is 0 Å². The minimum absolute atomic E-state index is 0.0946. The van der Waals surface area contributed by atoms with Crippen LogP contribution in [0.1, 0.15) is 77.5 Å². The largest absolute Gasteiger partial charge is 0.507 e. The fraction of sp³-hybridized carbons (Fsp3) is 0.226. The quantitative estimate of drug-likeness (QED) is 0.333. The number of phenols is 1. The highest BCUT2D eigenvalue weighted by Gasteiger charge is 2.26. The summed E-state index contributed by atoms with van der Waals surface area (Å²) < 4.78 is 0. The SMILES string of the molecule is Cc1c(C(C)c2ccccc2)cc(C(C)c2ccccc2)c(C(C)c2ccccc2)c1O. The first kappa shape index (κ1) is 21.9. The molecule has 0 spiro atoms. The summed E-state index contributed by atoms with van der Waals surface area (Å²) in [6.45, 7) is 8.74. The Hall–Kier alpha value is -3.32. The van der Waals surface area contributed by atoms with Crippen molar-refractivity contribution < 1.29 is 5.11 Å². The molecule has 0 fully saturated rings. The van der Waals surface area contributed by atoms with Gasteiger partial charge in [-0.2, -0.15) is 0 Å². The van der Waals surface area contributed by atoms with E-state index in [0.717, 1.165) is 11.1 Å². The van der Waals surface area contributed by atoms with Crippen molar-refractivity contribution in [3.63, 3.8) is 0 Å². The van der Waals surface area contributed by atoms with Gasteiger partial charge in [0.25, 0.3) is 0 Å². The van der Waals surface area contributed by atoms with Crippen LogP contribution in [0.15, 0.2) is 97.1 Å². The van der Waals surface area contributed by atoms with Crippen molar-refractivity contribution in [2.24, 2.45) is 0 Å². The Bertz CT molecular complexity index is 1160. The van der Waals surface area contributed by atoms with Gasteiger partial charge in [-0.15, -0.1) is 0 Å². The number of hydrogen-bond donors (Lipinski definition) is 1. The van der Waals surface area contributed by atoms with Gasteiger partial charge < -0.3 is 5.11 Å². The van der Waals surface area contributed by atoms with Crippen LogP contribution in [-0.2, 0) is 0 Å². The molecule has 0 radical (unpaired) electrons. The van der Waals surface area contributed by atoms with Crippen LogP contribution in [0.5, 0.6) is 5.75 Å². The highest BCUT2D eigenvalue weighted by molar-refractivity contribution is 5.58. The molecule has 0 aromatic heterocycles. The zero-order valence-electron chi connectivity index (χ0n) is 19.4. The molecule has 32 heavy (non-hydrogen) atoms. The Morgan fingerprint density at radius 2 is 0.906 bits per heavy atom. The highest BCUT2D eigenvalue weighted by Crippen LogP contribution is 2.44. The van der Waals surface area contributed by atoms with Gasteiger partial charge in [0.1, 0.15) is 5.75 Å². The second kappa shape index (κ2) is 9.44. The van der Waals surface area contributed by atoms with Crippen molar-refractivity contribution in [1.82, 2.24) is 0 Å². The summed E-state index contributed by atoms with van der Waals surface area (Å²) in [6, 6.07) is 34.0. The molecule has 0 aliphatic carbocycles. The fourth-order valence-electron chi connectivity index (χ4n) is 4.84. The Labute approximate surface area is 192 Å². The van der Waals surface area contributed by atoms with E-state index in [1.807, 2.05) is 12.1 Å². The molecule has 0 heterocycles. The van der Waals surface area contributed by atoms with Crippen LogP contribution in [0, 0.1) is 6.92 Å². The molecule has 0 saturated carbocycles. The summed E-state index contributed by atoms with van der Waals surface area (Å²) in [5, 5.41) is 11.6. The van der Waals surface area contributed by atoms with Crippen LogP contribution >= 0.6 is 0 Å². The van der Waals surface area contributed by atoms with E-state index in [4.69, 9.17) is 0 Å². The van der Waals surface area contributed by atoms with E-state index in [-0.39, 0.29) is 17.8 Å². The molecule has 1 heteroatoms. The molecule has 3 unspecified atom stereocenters. The van der Waals surface area contributed by atoms with Gasteiger partial charge in [-0.1, -0.05) is 118 Å². The van der Waals surface area contributed by atoms with E-state index in [2.05, 4.69) is 113 Å². The number of benzene rings is 4. The van der Waals surface area contributed by atoms with Crippen LogP contribution < -0.4 is 0 Å². The third kappa shape index (κ3) is 4.21. The average Bonchev–Trinajstić information content (AvgIpc) is 2.86. The molecule has 1 nitrogen and oxygen atoms in total. The van der Waals surface area contributed by atoms with Gasteiger partial charge in [-0.05, 0) is 40.3 Å². The standard InChI is InChI=1S/C31H32O/c1-21(25-14-8-5-9-15-25)28-20-29(22(2)26-16-10-6-11-17-26)30(31(32)24(28)4)23(3)27-18-12-7-13-19-27/h5-23,32H,1-4H3. The number of aromatic hydroxyl groups is 1. The monoisotopic (exact) mass is 420 g/mol. The fourth-order valence-corrected chi connectivity index (χ4v) is 4.84. The molecule has 1 N–H and O–H groups in total. The van der Waals surface area contributed by atoms with Gasteiger partial charge in [0.15, 0.2) is 0 Å². The minimum atomic E-state index is 0.0946. The molecule has 0 aliphatic heterocycles. The van der Waals surface area contributed by atoms with Crippen molar-refractivity contribution in [2.45, 2.75) is 45.4 Å². The zero-order valence-corrected chi connectivity index (χ0v) is 19.4. The van der Waals surface area contributed by atoms with Gasteiger partial charge in [0, 0.05) is 23.3 Å². The maximum absolute atomic E-state index is 11.6. The number of hydrogen-bond acceptors (Lipinski definition) is 1. The lowest BCUT2D eigenvalue weighted by Gasteiger charge is -2.27. The van der Waals surface area contributed by atoms with Gasteiger partial charge in [0.05, 0.1) is 0 Å². The highest BCUT2D eigenvalue weighted by atomic mass is 16.3. The molecule has 0 aliphatic rings. The van der Waals surface area contributed by atoms with Gasteiger partial charge in [-0.3, -0.25) is 0 Å². The van der Waals surface area contributed by atoms with Gasteiger partial charge in [-0.25, -0.2) is 0 Å². The Morgan fingerprint density at radius 1 is 0.531 bits per heavy atom. The Morgan fingerprint density at radius 3 is 1.34 bits per heavy atom. The molecule has 0 bridgehead atoms. The Kier molecular flexibility index (Phi) is 6.46. The molecule has 4 rings (SSSR count). The van der Waals surface area contributed by atoms with Gasteiger partial charge in [0.2, 0.25) is 0 Å². The first-order valence-electron chi connectivity index (χ1n) is 11.5. The smallest absolute Gasteiger partial charge is 0.122 e. The van der Waals surface area contributed by atoms with E-state index < -0.39 is 0 Å². The average molecular weight is 421 g/mol. The summed E-state index contributed by atoms with van der Waals surface area (Å²) >= 11 is 0. The van der Waals surface area contributed by atoms with Crippen molar-refractivity contribution in [3.8, 4) is 5.75 Å². The van der Waals surface area contributed by atoms with E-state index in [1.54, 1.807) is 0 Å². The summed E-state index contributed by atoms with van der Waals surface area (Å²) in [4.78, 5) is 0. The maximum Gasteiger partial charge on any atom is 0.122 e. The second-order valence-electron chi connectivity index (χ2n) is 8.84. The van der Waals surface area contributed by atoms with E-state index in [9.17, 15) is 5.11 Å². The molecule has 4 aromatic carbocycles. The molecule has 4 aromatic rings. The zero-order chi connectivity index (χ0) is 22.7. The van der Waals surface area contributed by atoms with E-state index in [0.29, 0.717) is 5.75 Å². The van der Waals surface area contributed by atoms with Crippen molar-refractivity contribution >= 4 is 0 Å². The number of rotatable bonds is 6. The van der Waals surface area contributed by atoms with Crippen molar-refractivity contribution in [3.05, 3.63) is 136 Å². The summed E-state index contributed by atoms with van der Waals surface area (Å²) in [5.41, 5.74) is 8.14. The molecule has 3 atom stereocenters. The minimum Gasteiger partial charge on any atom is -0.507 e. The predicted molar refractivity (Wildman–Crippen MR) is 135 cm³/mol. The van der Waals surface area contributed by atoms with E-state index >= 15 is 0 Å². The lowest BCUT2D eigenvalue weighted by molar-refractivity contribution is 0.458. The normalized spacial score (nSPS) is 14.0. The topological polar surface area (TPSA) is 20.2 Å². The van der Waals surface area contributed by atoms with Gasteiger partial charge >= 0.3 is 0 Å². The lowest BCUT2D eigenvalue weighted by atomic mass is 9.78. The molecule has 162 valence electrons. The van der Waals surface area contributed by atoms with Crippen LogP contribution in [0.4, 0.5) is 0 Å². The van der Waals surface area contributed by atoms with Crippen LogP contribution in [0.3, 0.4) is 0 Å². The summed E-state index contributed by atoms with van der Waals surface area (Å²) in [6.07, 6.45) is 0. The van der Waals surface area contributed by atoms with Crippen LogP contribution in [0.2, 0.25) is 0 Å².